The van der Waals surface area contributed by atoms with Crippen LogP contribution in [0.5, 0.6) is 0 Å². The molecule has 20 heavy (non-hydrogen) atoms. The zero-order valence-corrected chi connectivity index (χ0v) is 12.7. The van der Waals surface area contributed by atoms with Crippen molar-refractivity contribution in [2.45, 2.75) is 26.4 Å². The molecule has 2 aromatic rings. The molecule has 0 radical (unpaired) electrons. The third-order valence-electron chi connectivity index (χ3n) is 3.70. The summed E-state index contributed by atoms with van der Waals surface area (Å²) in [5, 5.41) is 13.3. The van der Waals surface area contributed by atoms with Gasteiger partial charge >= 0.3 is 0 Å². The van der Waals surface area contributed by atoms with E-state index in [2.05, 4.69) is 24.4 Å². The maximum Gasteiger partial charge on any atom is 0.120 e. The molecule has 0 aliphatic rings. The molecule has 1 N–H and O–H groups in total. The summed E-state index contributed by atoms with van der Waals surface area (Å²) in [6.07, 6.45) is 0. The zero-order valence-electron chi connectivity index (χ0n) is 11.9. The van der Waals surface area contributed by atoms with Gasteiger partial charge in [-0.15, -0.1) is 0 Å². The van der Waals surface area contributed by atoms with Crippen molar-refractivity contribution in [1.29, 1.82) is 5.26 Å². The lowest BCUT2D eigenvalue weighted by atomic mass is 10.1. The average Bonchev–Trinajstić information content (AvgIpc) is 2.72. The molecule has 0 bridgehead atoms. The monoisotopic (exact) mass is 287 g/mol. The van der Waals surface area contributed by atoms with Crippen LogP contribution in [0.15, 0.2) is 30.3 Å². The van der Waals surface area contributed by atoms with Crippen molar-refractivity contribution in [1.82, 2.24) is 9.88 Å². The van der Waals surface area contributed by atoms with Gasteiger partial charge in [0.2, 0.25) is 0 Å². The van der Waals surface area contributed by atoms with Crippen molar-refractivity contribution in [3.63, 3.8) is 0 Å². The van der Waals surface area contributed by atoms with E-state index in [9.17, 15) is 0 Å². The first kappa shape index (κ1) is 14.6. The second-order valence-corrected chi connectivity index (χ2v) is 5.41. The van der Waals surface area contributed by atoms with Crippen molar-refractivity contribution in [2.75, 3.05) is 0 Å². The van der Waals surface area contributed by atoms with Gasteiger partial charge in [0, 0.05) is 30.4 Å². The van der Waals surface area contributed by atoms with Crippen molar-refractivity contribution >= 4 is 11.6 Å². The molecule has 0 aliphatic carbocycles. The highest BCUT2D eigenvalue weighted by atomic mass is 35.5. The number of nitrogens with zero attached hydrogens (tertiary/aromatic N) is 2. The minimum absolute atomic E-state index is 0.207. The van der Waals surface area contributed by atoms with E-state index in [4.69, 9.17) is 16.9 Å². The first-order valence-corrected chi connectivity index (χ1v) is 6.95. The van der Waals surface area contributed by atoms with Gasteiger partial charge in [-0.25, -0.2) is 0 Å². The molecule has 4 heteroatoms. The van der Waals surface area contributed by atoms with Crippen LogP contribution < -0.4 is 5.32 Å². The zero-order chi connectivity index (χ0) is 14.7. The number of benzene rings is 1. The molecule has 0 amide bonds. The summed E-state index contributed by atoms with van der Waals surface area (Å²) in [6.45, 7) is 4.87. The molecule has 104 valence electrons. The number of nitriles is 1. The normalized spacial score (nSPS) is 12.2. The van der Waals surface area contributed by atoms with E-state index in [0.717, 1.165) is 28.4 Å². The molecule has 0 saturated heterocycles. The van der Waals surface area contributed by atoms with Crippen molar-refractivity contribution in [3.05, 3.63) is 57.9 Å². The Morgan fingerprint density at radius 1 is 1.40 bits per heavy atom. The van der Waals surface area contributed by atoms with Gasteiger partial charge in [0.05, 0.1) is 0 Å². The summed E-state index contributed by atoms with van der Waals surface area (Å²) in [5.74, 6) is 0. The minimum atomic E-state index is 0.207. The molecular formula is C16H18ClN3. The van der Waals surface area contributed by atoms with Crippen LogP contribution >= 0.6 is 11.6 Å². The Morgan fingerprint density at radius 3 is 2.75 bits per heavy atom. The smallest absolute Gasteiger partial charge is 0.120 e. The molecule has 1 heterocycles. The Labute approximate surface area is 124 Å². The lowest BCUT2D eigenvalue weighted by Crippen LogP contribution is -2.18. The van der Waals surface area contributed by atoms with Crippen LogP contribution in [0.25, 0.3) is 0 Å². The number of hydrogen-bond donors (Lipinski definition) is 1. The summed E-state index contributed by atoms with van der Waals surface area (Å²) in [4.78, 5) is 0. The predicted molar refractivity (Wildman–Crippen MR) is 81.6 cm³/mol. The average molecular weight is 288 g/mol. The number of hydrogen-bond acceptors (Lipinski definition) is 2. The van der Waals surface area contributed by atoms with E-state index in [1.165, 1.54) is 0 Å². The molecule has 0 saturated carbocycles. The van der Waals surface area contributed by atoms with Crippen LogP contribution in [0.2, 0.25) is 5.02 Å². The van der Waals surface area contributed by atoms with Crippen LogP contribution in [-0.4, -0.2) is 4.57 Å². The number of aromatic nitrogens is 1. The lowest BCUT2D eigenvalue weighted by Gasteiger charge is -2.14. The van der Waals surface area contributed by atoms with Crippen molar-refractivity contribution in [2.24, 2.45) is 7.05 Å². The molecule has 2 rings (SSSR count). The van der Waals surface area contributed by atoms with Gasteiger partial charge in [-0.1, -0.05) is 23.7 Å². The summed E-state index contributed by atoms with van der Waals surface area (Å²) < 4.78 is 1.92. The van der Waals surface area contributed by atoms with Crippen molar-refractivity contribution in [3.8, 4) is 6.07 Å². The Kier molecular flexibility index (Phi) is 4.49. The van der Waals surface area contributed by atoms with Crippen LogP contribution in [0, 0.1) is 18.3 Å². The van der Waals surface area contributed by atoms with Gasteiger partial charge in [-0.2, -0.15) is 5.26 Å². The molecular weight excluding hydrogens is 270 g/mol. The van der Waals surface area contributed by atoms with Crippen LogP contribution in [0.1, 0.15) is 35.5 Å². The van der Waals surface area contributed by atoms with Gasteiger partial charge in [0.25, 0.3) is 0 Å². The molecule has 0 aliphatic heterocycles. The number of halogens is 1. The number of rotatable bonds is 4. The molecule has 3 nitrogen and oxygen atoms in total. The van der Waals surface area contributed by atoms with E-state index >= 15 is 0 Å². The Hall–Kier alpha value is -1.76. The largest absolute Gasteiger partial charge is 0.340 e. The maximum absolute atomic E-state index is 9.04. The maximum atomic E-state index is 9.04. The third-order valence-corrected chi connectivity index (χ3v) is 3.94. The molecule has 1 aromatic carbocycles. The summed E-state index contributed by atoms with van der Waals surface area (Å²) in [5.41, 5.74) is 4.12. The summed E-state index contributed by atoms with van der Waals surface area (Å²) in [7, 11) is 1.91. The molecule has 0 unspecified atom stereocenters. The SMILES string of the molecule is Cc1c(CN[C@@H](C)c2cccc(Cl)c2)cc(C#N)n1C. The quantitative estimate of drug-likeness (QED) is 0.931. The second-order valence-electron chi connectivity index (χ2n) is 4.97. The standard InChI is InChI=1S/C16H18ClN3/c1-11(13-5-4-6-15(17)7-13)19-10-14-8-16(9-18)20(3)12(14)2/h4-8,11,19H,10H2,1-3H3/t11-/m0/s1. The van der Waals surface area contributed by atoms with Crippen LogP contribution in [-0.2, 0) is 13.6 Å². The van der Waals surface area contributed by atoms with Gasteiger partial charge in [0.15, 0.2) is 0 Å². The van der Waals surface area contributed by atoms with Gasteiger partial charge in [-0.3, -0.25) is 0 Å². The first-order chi connectivity index (χ1) is 9.52. The summed E-state index contributed by atoms with van der Waals surface area (Å²) >= 11 is 6.01. The van der Waals surface area contributed by atoms with Gasteiger partial charge in [-0.05, 0) is 43.2 Å². The highest BCUT2D eigenvalue weighted by Crippen LogP contribution is 2.19. The van der Waals surface area contributed by atoms with Crippen LogP contribution in [0.4, 0.5) is 0 Å². The van der Waals surface area contributed by atoms with Gasteiger partial charge < -0.3 is 9.88 Å². The Bertz CT molecular complexity index is 652. The van der Waals surface area contributed by atoms with Crippen molar-refractivity contribution < 1.29 is 0 Å². The predicted octanol–water partition coefficient (Wildman–Crippen LogP) is 3.71. The van der Waals surface area contributed by atoms with E-state index < -0.39 is 0 Å². The van der Waals surface area contributed by atoms with E-state index in [1.807, 2.05) is 42.8 Å². The summed E-state index contributed by atoms with van der Waals surface area (Å²) in [6, 6.07) is 12.2. The van der Waals surface area contributed by atoms with Gasteiger partial charge in [0.1, 0.15) is 11.8 Å². The Balaban J connectivity index is 2.07. The van der Waals surface area contributed by atoms with E-state index in [0.29, 0.717) is 5.69 Å². The van der Waals surface area contributed by atoms with E-state index in [1.54, 1.807) is 0 Å². The topological polar surface area (TPSA) is 40.8 Å². The molecule has 1 aromatic heterocycles. The molecule has 0 spiro atoms. The second kappa shape index (κ2) is 6.13. The first-order valence-electron chi connectivity index (χ1n) is 6.57. The third kappa shape index (κ3) is 3.04. The van der Waals surface area contributed by atoms with E-state index in [-0.39, 0.29) is 6.04 Å². The lowest BCUT2D eigenvalue weighted by molar-refractivity contribution is 0.572. The highest BCUT2D eigenvalue weighted by Gasteiger charge is 2.10. The minimum Gasteiger partial charge on any atom is -0.340 e. The fraction of sp³-hybridized carbons (Fsp3) is 0.312. The Morgan fingerprint density at radius 2 is 2.15 bits per heavy atom. The number of nitrogens with one attached hydrogen (secondary N) is 1. The highest BCUT2D eigenvalue weighted by molar-refractivity contribution is 6.30. The molecule has 0 fully saturated rings. The fourth-order valence-corrected chi connectivity index (χ4v) is 2.40. The molecule has 1 atom stereocenters. The fourth-order valence-electron chi connectivity index (χ4n) is 2.21. The van der Waals surface area contributed by atoms with Crippen LogP contribution in [0.3, 0.4) is 0 Å².